The van der Waals surface area contributed by atoms with Crippen LogP contribution in [-0.4, -0.2) is 22.6 Å². The monoisotopic (exact) mass is 468 g/mol. The lowest BCUT2D eigenvalue weighted by Gasteiger charge is -2.16. The topological polar surface area (TPSA) is 85.2 Å². The molecule has 4 rings (SSSR count). The van der Waals surface area contributed by atoms with Gasteiger partial charge in [-0.05, 0) is 47.4 Å². The number of hydrogen-bond acceptors (Lipinski definition) is 5. The number of carbonyl (C=O) groups excluding carboxylic acids is 1. The zero-order chi connectivity index (χ0) is 24.8. The first kappa shape index (κ1) is 23.9. The van der Waals surface area contributed by atoms with Gasteiger partial charge in [0.25, 0.3) is 11.5 Å². The Morgan fingerprint density at radius 3 is 2.49 bits per heavy atom. The van der Waals surface area contributed by atoms with Crippen molar-refractivity contribution in [1.82, 2.24) is 20.4 Å². The molecule has 0 bridgehead atoms. The Bertz CT molecular complexity index is 1420. The minimum absolute atomic E-state index is 0.126. The van der Waals surface area contributed by atoms with Crippen LogP contribution in [0.1, 0.15) is 36.7 Å². The van der Waals surface area contributed by atoms with E-state index in [1.807, 2.05) is 30.3 Å². The Balaban J connectivity index is 1.54. The van der Waals surface area contributed by atoms with Crippen molar-refractivity contribution in [1.29, 1.82) is 0 Å². The molecule has 0 fully saturated rings. The average Bonchev–Trinajstić information content (AvgIpc) is 2.88. The van der Waals surface area contributed by atoms with Crippen LogP contribution in [0, 0.1) is 0 Å². The number of methoxy groups -OCH3 is 1. The second kappa shape index (κ2) is 10.8. The third-order valence-electron chi connectivity index (χ3n) is 5.66. The molecule has 1 heterocycles. The van der Waals surface area contributed by atoms with Gasteiger partial charge >= 0.3 is 0 Å². The van der Waals surface area contributed by atoms with E-state index in [4.69, 9.17) is 4.74 Å². The fraction of sp³-hybridized carbons (Fsp3) is 0.179. The van der Waals surface area contributed by atoms with E-state index in [0.717, 1.165) is 5.56 Å². The Morgan fingerprint density at radius 2 is 1.74 bits per heavy atom. The SMILES string of the molecule is COc1ccccc1-n1c(CNNC(=O)/C=C/c2ccc(C(C)C)cc2)nc2ccccc2c1=O. The van der Waals surface area contributed by atoms with Crippen molar-refractivity contribution < 1.29 is 9.53 Å². The average molecular weight is 469 g/mol. The lowest BCUT2D eigenvalue weighted by molar-refractivity contribution is -0.117. The van der Waals surface area contributed by atoms with Gasteiger partial charge in [0, 0.05) is 6.08 Å². The van der Waals surface area contributed by atoms with Crippen LogP contribution < -0.4 is 21.1 Å². The summed E-state index contributed by atoms with van der Waals surface area (Å²) in [4.78, 5) is 30.4. The second-order valence-electron chi connectivity index (χ2n) is 8.36. The largest absolute Gasteiger partial charge is 0.495 e. The van der Waals surface area contributed by atoms with E-state index >= 15 is 0 Å². The predicted octanol–water partition coefficient (Wildman–Crippen LogP) is 4.35. The molecular formula is C28H28N4O3. The van der Waals surface area contributed by atoms with Crippen LogP contribution in [0.5, 0.6) is 5.75 Å². The maximum absolute atomic E-state index is 13.4. The van der Waals surface area contributed by atoms with Gasteiger partial charge in [-0.25, -0.2) is 10.4 Å². The van der Waals surface area contributed by atoms with Crippen molar-refractivity contribution >= 4 is 22.9 Å². The van der Waals surface area contributed by atoms with Gasteiger partial charge in [0.1, 0.15) is 11.6 Å². The van der Waals surface area contributed by atoms with Crippen molar-refractivity contribution in [3.63, 3.8) is 0 Å². The maximum atomic E-state index is 13.4. The van der Waals surface area contributed by atoms with E-state index < -0.39 is 0 Å². The Hall–Kier alpha value is -4.23. The molecular weight excluding hydrogens is 440 g/mol. The van der Waals surface area contributed by atoms with Gasteiger partial charge in [-0.1, -0.05) is 62.4 Å². The predicted molar refractivity (Wildman–Crippen MR) is 138 cm³/mol. The fourth-order valence-corrected chi connectivity index (χ4v) is 3.78. The number of ether oxygens (including phenoxy) is 1. The summed E-state index contributed by atoms with van der Waals surface area (Å²) in [6.45, 7) is 4.41. The molecule has 0 unspecified atom stereocenters. The summed E-state index contributed by atoms with van der Waals surface area (Å²) in [6.07, 6.45) is 3.21. The summed E-state index contributed by atoms with van der Waals surface area (Å²) in [5.41, 5.74) is 8.65. The molecule has 4 aromatic rings. The molecule has 7 nitrogen and oxygen atoms in total. The number of para-hydroxylation sites is 3. The third-order valence-corrected chi connectivity index (χ3v) is 5.66. The summed E-state index contributed by atoms with van der Waals surface area (Å²) < 4.78 is 6.98. The molecule has 2 N–H and O–H groups in total. The maximum Gasteiger partial charge on any atom is 0.266 e. The number of rotatable bonds is 8. The molecule has 178 valence electrons. The number of nitrogens with zero attached hydrogens (tertiary/aromatic N) is 2. The highest BCUT2D eigenvalue weighted by Crippen LogP contribution is 2.23. The smallest absolute Gasteiger partial charge is 0.266 e. The normalized spacial score (nSPS) is 11.3. The molecule has 35 heavy (non-hydrogen) atoms. The minimum Gasteiger partial charge on any atom is -0.495 e. The van der Waals surface area contributed by atoms with Crippen molar-refractivity contribution in [2.75, 3.05) is 7.11 Å². The number of hydrazine groups is 1. The number of amides is 1. The summed E-state index contributed by atoms with van der Waals surface area (Å²) >= 11 is 0. The highest BCUT2D eigenvalue weighted by molar-refractivity contribution is 5.91. The number of aromatic nitrogens is 2. The van der Waals surface area contributed by atoms with Crippen LogP contribution in [-0.2, 0) is 11.3 Å². The first-order valence-electron chi connectivity index (χ1n) is 11.4. The molecule has 0 aliphatic heterocycles. The number of hydrogen-bond donors (Lipinski definition) is 2. The van der Waals surface area contributed by atoms with Crippen LogP contribution >= 0.6 is 0 Å². The lowest BCUT2D eigenvalue weighted by Crippen LogP contribution is -2.38. The van der Waals surface area contributed by atoms with E-state index in [-0.39, 0.29) is 18.0 Å². The molecule has 0 aliphatic carbocycles. The quantitative estimate of drug-likeness (QED) is 0.297. The Labute approximate surface area is 204 Å². The van der Waals surface area contributed by atoms with Gasteiger partial charge in [-0.3, -0.25) is 19.6 Å². The minimum atomic E-state index is -0.315. The van der Waals surface area contributed by atoms with E-state index in [9.17, 15) is 9.59 Å². The van der Waals surface area contributed by atoms with E-state index in [2.05, 4.69) is 41.8 Å². The Morgan fingerprint density at radius 1 is 1.03 bits per heavy atom. The first-order valence-corrected chi connectivity index (χ1v) is 11.4. The van der Waals surface area contributed by atoms with Crippen LogP contribution in [0.4, 0.5) is 0 Å². The van der Waals surface area contributed by atoms with Crippen molar-refractivity contribution in [2.45, 2.75) is 26.3 Å². The first-order chi connectivity index (χ1) is 17.0. The third kappa shape index (κ3) is 5.47. The highest BCUT2D eigenvalue weighted by Gasteiger charge is 2.15. The standard InChI is InChI=1S/C28H28N4O3/c1-19(2)21-15-12-20(13-16-21)14-17-27(33)31-29-18-26-30-23-9-5-4-8-22(23)28(34)32(26)24-10-6-7-11-25(24)35-3/h4-17,19,29H,18H2,1-3H3,(H,31,33)/b17-14+. The van der Waals surface area contributed by atoms with Gasteiger partial charge < -0.3 is 4.74 Å². The van der Waals surface area contributed by atoms with Gasteiger partial charge in [-0.15, -0.1) is 0 Å². The molecule has 0 saturated heterocycles. The summed E-state index contributed by atoms with van der Waals surface area (Å²) in [5, 5.41) is 0.498. The zero-order valence-corrected chi connectivity index (χ0v) is 20.0. The molecule has 0 radical (unpaired) electrons. The number of nitrogens with one attached hydrogen (secondary N) is 2. The van der Waals surface area contributed by atoms with Crippen LogP contribution in [0.2, 0.25) is 0 Å². The summed E-state index contributed by atoms with van der Waals surface area (Å²) in [7, 11) is 1.55. The lowest BCUT2D eigenvalue weighted by atomic mass is 10.0. The van der Waals surface area contributed by atoms with Crippen molar-refractivity contribution in [3.05, 3.63) is 106 Å². The van der Waals surface area contributed by atoms with Crippen molar-refractivity contribution in [3.8, 4) is 11.4 Å². The Kier molecular flexibility index (Phi) is 7.38. The molecule has 0 aliphatic rings. The molecule has 0 spiro atoms. The van der Waals surface area contributed by atoms with Crippen LogP contribution in [0.25, 0.3) is 22.7 Å². The van der Waals surface area contributed by atoms with E-state index in [1.54, 1.807) is 43.5 Å². The number of fused-ring (bicyclic) bond motifs is 1. The molecule has 3 aromatic carbocycles. The number of benzene rings is 3. The van der Waals surface area contributed by atoms with Gasteiger partial charge in [0.2, 0.25) is 0 Å². The molecule has 7 heteroatoms. The van der Waals surface area contributed by atoms with Crippen LogP contribution in [0.15, 0.2) is 83.7 Å². The van der Waals surface area contributed by atoms with Gasteiger partial charge in [0.15, 0.2) is 0 Å². The van der Waals surface area contributed by atoms with Gasteiger partial charge in [-0.2, -0.15) is 0 Å². The molecule has 1 amide bonds. The van der Waals surface area contributed by atoms with Crippen molar-refractivity contribution in [2.24, 2.45) is 0 Å². The summed E-state index contributed by atoms with van der Waals surface area (Å²) in [6, 6.07) is 22.5. The van der Waals surface area contributed by atoms with E-state index in [0.29, 0.717) is 34.1 Å². The van der Waals surface area contributed by atoms with Gasteiger partial charge in [0.05, 0.1) is 30.2 Å². The summed E-state index contributed by atoms with van der Waals surface area (Å²) in [5.74, 6) is 1.12. The molecule has 1 aromatic heterocycles. The second-order valence-corrected chi connectivity index (χ2v) is 8.36. The van der Waals surface area contributed by atoms with Crippen LogP contribution in [0.3, 0.4) is 0 Å². The molecule has 0 atom stereocenters. The molecule has 0 saturated carbocycles. The fourth-order valence-electron chi connectivity index (χ4n) is 3.78. The van der Waals surface area contributed by atoms with E-state index in [1.165, 1.54) is 16.2 Å². The number of carbonyl (C=O) groups is 1. The zero-order valence-electron chi connectivity index (χ0n) is 20.0. The highest BCUT2D eigenvalue weighted by atomic mass is 16.5.